The topological polar surface area (TPSA) is 58.8 Å². The Balaban J connectivity index is 0.00000140. The number of morpholine rings is 1. The highest BCUT2D eigenvalue weighted by Gasteiger charge is 2.43. The summed E-state index contributed by atoms with van der Waals surface area (Å²) in [5, 5.41) is 0. The summed E-state index contributed by atoms with van der Waals surface area (Å²) in [6.45, 7) is 8.27. The SMILES string of the molecule is CC1CN(CC2CCCN2C(=O)C2CC3CCCC(C2)C3N)CC(C)O1.Cl.Cl. The lowest BCUT2D eigenvalue weighted by atomic mass is 9.65. The summed E-state index contributed by atoms with van der Waals surface area (Å²) in [7, 11) is 0. The van der Waals surface area contributed by atoms with E-state index >= 15 is 0 Å². The summed E-state index contributed by atoms with van der Waals surface area (Å²) in [5.41, 5.74) is 6.43. The summed E-state index contributed by atoms with van der Waals surface area (Å²) in [4.78, 5) is 18.1. The molecule has 0 aromatic carbocycles. The van der Waals surface area contributed by atoms with Gasteiger partial charge in [0, 0.05) is 44.2 Å². The van der Waals surface area contributed by atoms with Gasteiger partial charge in [0.1, 0.15) is 0 Å². The molecule has 164 valence electrons. The third kappa shape index (κ3) is 5.15. The first-order valence-electron chi connectivity index (χ1n) is 10.9. The zero-order valence-electron chi connectivity index (χ0n) is 17.4. The van der Waals surface area contributed by atoms with Gasteiger partial charge in [0.2, 0.25) is 5.91 Å². The van der Waals surface area contributed by atoms with E-state index < -0.39 is 0 Å². The summed E-state index contributed by atoms with van der Waals surface area (Å²) < 4.78 is 5.87. The smallest absolute Gasteiger partial charge is 0.225 e. The van der Waals surface area contributed by atoms with Crippen LogP contribution in [-0.2, 0) is 9.53 Å². The molecule has 4 fully saturated rings. The molecule has 28 heavy (non-hydrogen) atoms. The third-order valence-corrected chi connectivity index (χ3v) is 7.39. The van der Waals surface area contributed by atoms with Gasteiger partial charge in [0.15, 0.2) is 0 Å². The highest BCUT2D eigenvalue weighted by atomic mass is 35.5. The number of hydrogen-bond acceptors (Lipinski definition) is 4. The van der Waals surface area contributed by atoms with Crippen LogP contribution < -0.4 is 5.73 Å². The minimum Gasteiger partial charge on any atom is -0.373 e. The van der Waals surface area contributed by atoms with Crippen molar-refractivity contribution in [1.29, 1.82) is 0 Å². The van der Waals surface area contributed by atoms with E-state index in [0.29, 0.717) is 42.0 Å². The number of fused-ring (bicyclic) bond motifs is 2. The number of rotatable bonds is 3. The van der Waals surface area contributed by atoms with Gasteiger partial charge in [-0.3, -0.25) is 9.69 Å². The van der Waals surface area contributed by atoms with Crippen molar-refractivity contribution in [2.75, 3.05) is 26.2 Å². The Kier molecular flexibility index (Phi) is 8.90. The molecule has 0 aromatic rings. The number of hydrogen-bond donors (Lipinski definition) is 1. The fourth-order valence-electron chi connectivity index (χ4n) is 6.27. The number of ether oxygens (including phenoxy) is 1. The fraction of sp³-hybridized carbons (Fsp3) is 0.952. The first-order chi connectivity index (χ1) is 12.5. The number of likely N-dealkylation sites (tertiary alicyclic amines) is 1. The molecule has 2 heterocycles. The van der Waals surface area contributed by atoms with Gasteiger partial charge in [-0.25, -0.2) is 0 Å². The molecule has 2 saturated heterocycles. The summed E-state index contributed by atoms with van der Waals surface area (Å²) >= 11 is 0. The largest absolute Gasteiger partial charge is 0.373 e. The Morgan fingerprint density at radius 2 is 1.61 bits per heavy atom. The van der Waals surface area contributed by atoms with Crippen molar-refractivity contribution in [2.45, 2.75) is 83.1 Å². The first-order valence-corrected chi connectivity index (χ1v) is 10.9. The van der Waals surface area contributed by atoms with Crippen molar-refractivity contribution in [1.82, 2.24) is 9.80 Å². The lowest BCUT2D eigenvalue weighted by molar-refractivity contribution is -0.140. The van der Waals surface area contributed by atoms with Crippen LogP contribution in [0.25, 0.3) is 0 Å². The highest BCUT2D eigenvalue weighted by molar-refractivity contribution is 5.85. The Morgan fingerprint density at radius 3 is 2.21 bits per heavy atom. The van der Waals surface area contributed by atoms with E-state index in [1.54, 1.807) is 0 Å². The maximum Gasteiger partial charge on any atom is 0.225 e. The van der Waals surface area contributed by atoms with Gasteiger partial charge >= 0.3 is 0 Å². The van der Waals surface area contributed by atoms with Gasteiger partial charge in [-0.2, -0.15) is 0 Å². The van der Waals surface area contributed by atoms with E-state index in [-0.39, 0.29) is 30.7 Å². The predicted octanol–water partition coefficient (Wildman–Crippen LogP) is 3.08. The van der Waals surface area contributed by atoms with Crippen LogP contribution in [0.2, 0.25) is 0 Å². The van der Waals surface area contributed by atoms with Gasteiger partial charge < -0.3 is 15.4 Å². The average Bonchev–Trinajstić information content (AvgIpc) is 3.01. The Labute approximate surface area is 182 Å². The van der Waals surface area contributed by atoms with E-state index in [4.69, 9.17) is 10.5 Å². The first kappa shape index (κ1) is 24.2. The van der Waals surface area contributed by atoms with E-state index in [1.165, 1.54) is 19.3 Å². The Morgan fingerprint density at radius 1 is 1.00 bits per heavy atom. The van der Waals surface area contributed by atoms with E-state index in [1.807, 2.05) is 0 Å². The molecular formula is C21H39Cl2N3O2. The summed E-state index contributed by atoms with van der Waals surface area (Å²) in [5.74, 6) is 1.83. The van der Waals surface area contributed by atoms with Crippen LogP contribution in [0, 0.1) is 17.8 Å². The van der Waals surface area contributed by atoms with E-state index in [2.05, 4.69) is 23.6 Å². The van der Waals surface area contributed by atoms with Crippen molar-refractivity contribution in [3.05, 3.63) is 0 Å². The number of amides is 1. The van der Waals surface area contributed by atoms with Crippen LogP contribution in [0.4, 0.5) is 0 Å². The molecule has 0 radical (unpaired) electrons. The molecule has 4 rings (SSSR count). The number of halogens is 2. The van der Waals surface area contributed by atoms with Crippen LogP contribution in [0.5, 0.6) is 0 Å². The second-order valence-electron chi connectivity index (χ2n) is 9.50. The molecule has 2 N–H and O–H groups in total. The molecule has 5 nitrogen and oxygen atoms in total. The Hall–Kier alpha value is -0.0700. The molecule has 2 aliphatic carbocycles. The van der Waals surface area contributed by atoms with Crippen LogP contribution in [0.3, 0.4) is 0 Å². The molecular weight excluding hydrogens is 397 g/mol. The highest BCUT2D eigenvalue weighted by Crippen LogP contribution is 2.43. The summed E-state index contributed by atoms with van der Waals surface area (Å²) in [6, 6.07) is 0.744. The number of nitrogens with two attached hydrogens (primary N) is 1. The van der Waals surface area contributed by atoms with Crippen molar-refractivity contribution in [2.24, 2.45) is 23.5 Å². The standard InChI is InChI=1S/C21H37N3O2.2ClH/c1-14-11-23(12-15(2)26-14)13-19-7-4-8-24(19)21(25)18-9-16-5-3-6-17(10-18)20(16)22;;/h14-20H,3-13,22H2,1-2H3;2*1H. The quantitative estimate of drug-likeness (QED) is 0.739. The van der Waals surface area contributed by atoms with Gasteiger partial charge in [0.25, 0.3) is 0 Å². The molecule has 7 heteroatoms. The second-order valence-corrected chi connectivity index (χ2v) is 9.50. The number of carbonyl (C=O) groups is 1. The molecule has 0 aromatic heterocycles. The molecule has 2 bridgehead atoms. The van der Waals surface area contributed by atoms with Gasteiger partial charge in [-0.15, -0.1) is 24.8 Å². The van der Waals surface area contributed by atoms with Crippen LogP contribution in [-0.4, -0.2) is 66.2 Å². The fourth-order valence-corrected chi connectivity index (χ4v) is 6.27. The molecule has 2 aliphatic heterocycles. The molecule has 1 amide bonds. The molecule has 2 saturated carbocycles. The van der Waals surface area contributed by atoms with Gasteiger partial charge in [0.05, 0.1) is 12.2 Å². The predicted molar refractivity (Wildman–Crippen MR) is 117 cm³/mol. The van der Waals surface area contributed by atoms with Crippen molar-refractivity contribution < 1.29 is 9.53 Å². The molecule has 5 unspecified atom stereocenters. The maximum absolute atomic E-state index is 13.4. The monoisotopic (exact) mass is 435 g/mol. The normalized spacial score (nSPS) is 41.1. The lowest BCUT2D eigenvalue weighted by Gasteiger charge is -2.45. The number of carbonyl (C=O) groups excluding carboxylic acids is 1. The summed E-state index contributed by atoms with van der Waals surface area (Å²) in [6.07, 6.45) is 8.74. The van der Waals surface area contributed by atoms with Gasteiger partial charge in [-0.1, -0.05) is 6.42 Å². The van der Waals surface area contributed by atoms with Crippen LogP contribution in [0.15, 0.2) is 0 Å². The minimum absolute atomic E-state index is 0. The third-order valence-electron chi connectivity index (χ3n) is 7.39. The van der Waals surface area contributed by atoms with Crippen molar-refractivity contribution in [3.63, 3.8) is 0 Å². The number of nitrogens with zero attached hydrogens (tertiary/aromatic N) is 2. The lowest BCUT2D eigenvalue weighted by Crippen LogP contribution is -2.53. The second kappa shape index (κ2) is 10.3. The molecule has 0 spiro atoms. The zero-order valence-corrected chi connectivity index (χ0v) is 19.1. The van der Waals surface area contributed by atoms with Crippen LogP contribution in [0.1, 0.15) is 58.8 Å². The maximum atomic E-state index is 13.4. The van der Waals surface area contributed by atoms with Crippen molar-refractivity contribution in [3.8, 4) is 0 Å². The van der Waals surface area contributed by atoms with Crippen molar-refractivity contribution >= 4 is 30.7 Å². The molecule has 4 aliphatic rings. The van der Waals surface area contributed by atoms with Crippen LogP contribution >= 0.6 is 24.8 Å². The Bertz CT molecular complexity index is 500. The van der Waals surface area contributed by atoms with E-state index in [0.717, 1.165) is 51.9 Å². The minimum atomic E-state index is 0. The zero-order chi connectivity index (χ0) is 18.3. The molecule has 5 atom stereocenters. The average molecular weight is 436 g/mol. The van der Waals surface area contributed by atoms with E-state index in [9.17, 15) is 4.79 Å². The van der Waals surface area contributed by atoms with Gasteiger partial charge in [-0.05, 0) is 64.2 Å².